The third kappa shape index (κ3) is 36.9. The molecule has 0 N–H and O–H groups in total. The fraction of sp³-hybridized carbons (Fsp3) is 0. The van der Waals surface area contributed by atoms with Gasteiger partial charge >= 0.3 is 0 Å². The van der Waals surface area contributed by atoms with Gasteiger partial charge in [0.2, 0.25) is 0 Å². The van der Waals surface area contributed by atoms with Crippen LogP contribution in [0.4, 0.5) is 0 Å². The molecule has 0 saturated carbocycles. The molecule has 0 aromatic rings. The van der Waals surface area contributed by atoms with Crippen molar-refractivity contribution in [1.82, 2.24) is 0 Å². The van der Waals surface area contributed by atoms with Crippen LogP contribution in [0.2, 0.25) is 0 Å². The Morgan fingerprint density at radius 1 is 0.0775 bits per heavy atom. The molecule has 0 aromatic heterocycles. The van der Waals surface area contributed by atoms with Gasteiger partial charge in [-0.05, 0) is 322 Å². The van der Waals surface area contributed by atoms with Gasteiger partial charge in [0, 0.05) is 576 Å². The van der Waals surface area contributed by atoms with Gasteiger partial charge in [0.25, 0.3) is 0 Å². The Morgan fingerprint density at radius 2 is 0.132 bits per heavy atom. The van der Waals surface area contributed by atoms with E-state index in [4.69, 9.17) is 503 Å². The van der Waals surface area contributed by atoms with Crippen molar-refractivity contribution < 1.29 is 0 Å². The van der Waals surface area contributed by atoms with Crippen molar-refractivity contribution in [3.63, 3.8) is 0 Å². The molecule has 0 heterocycles. The monoisotopic (exact) mass is 1420 g/mol. The summed E-state index contributed by atoms with van der Waals surface area (Å²) < 4.78 is 0. The summed E-state index contributed by atoms with van der Waals surface area (Å²) in [6.45, 7) is 0. The van der Waals surface area contributed by atoms with Gasteiger partial charge in [-0.2, -0.15) is 0 Å². The molecule has 0 bridgehead atoms. The molecule has 0 fully saturated rings. The van der Waals surface area contributed by atoms with Crippen LogP contribution in [0.1, 0.15) is 0 Å². The Balaban J connectivity index is 17.4. The van der Waals surface area contributed by atoms with E-state index in [1.807, 2.05) is 0 Å². The SMILES string of the molecule is [B]B([B])B([B][B-])B(B([B])[B])B(B(B([B])[B])B([B])[B])B(B(B(B([B])[B])B([B])[B])B(B([B])[B])B([B])[B])B(B(B(B(B([B])[B])B([B])[B])B(B([B])[B])B([B])[B])B(B(B([B])[B])B([B])[B])B(B([B])[B])B([B])[B])B(B(B(B(B([B])[B])B([B])[B])B(B([B])[B])B([B])[B])B(B(B([B])[B])B([B])[B])B(B([B])[B])B([B])[B])B(B(B(B([B])[B])B([B])[B])B(B([B])[B])B([B])[B])B(B(B([B])[B])B([B])[B])B(B([B])[B])B([B])[B]. The van der Waals surface area contributed by atoms with Crippen molar-refractivity contribution in [1.29, 1.82) is 0 Å². The summed E-state index contributed by atoms with van der Waals surface area (Å²) in [5, 5.41) is 0. The van der Waals surface area contributed by atoms with Crippen LogP contribution in [0, 0.1) is 0 Å². The van der Waals surface area contributed by atoms with Gasteiger partial charge in [0.1, 0.15) is 0 Å². The van der Waals surface area contributed by atoms with E-state index in [0.717, 1.165) is 7.06 Å². The highest BCUT2D eigenvalue weighted by molar-refractivity contribution is 8.47. The molecule has 0 spiro atoms. The molecule has 388 valence electrons. The van der Waals surface area contributed by atoms with E-state index in [1.54, 1.807) is 0 Å². The van der Waals surface area contributed by atoms with Gasteiger partial charge in [-0.1, -0.05) is 0 Å². The zero-order valence-corrected chi connectivity index (χ0v) is 74.5. The van der Waals surface area contributed by atoms with E-state index in [9.17, 15) is 0 Å². The van der Waals surface area contributed by atoms with Crippen molar-refractivity contribution in [2.24, 2.45) is 0 Å². The lowest BCUT2D eigenvalue weighted by atomic mass is 8.16. The van der Waals surface area contributed by atoms with Gasteiger partial charge < -0.3 is 7.74 Å². The second-order valence-electron chi connectivity index (χ2n) is 36.6. The van der Waals surface area contributed by atoms with E-state index in [-0.39, 0.29) is 0 Å². The average molecular weight is 1390 g/mol. The zero-order chi connectivity index (χ0) is 102. The third-order valence-corrected chi connectivity index (χ3v) is 27.8. The first-order valence-electron chi connectivity index (χ1n) is 42.7. The molecule has 129 heteroatoms. The maximum Gasteiger partial charge on any atom is 0 e. The lowest BCUT2D eigenvalue weighted by Crippen LogP contribution is -3.03. The summed E-state index contributed by atoms with van der Waals surface area (Å²) in [5.74, 6) is 0. The molecular formula is B129-. The van der Waals surface area contributed by atoms with Crippen LogP contribution in [0.25, 0.3) is 0 Å². The van der Waals surface area contributed by atoms with E-state index in [0.29, 0.717) is 0 Å². The molecule has 0 saturated heterocycles. The average Bonchev–Trinajstić information content (AvgIpc) is 0.698. The summed E-state index contributed by atoms with van der Waals surface area (Å²) in [6.07, 6.45) is -138. The fourth-order valence-electron chi connectivity index (χ4n) is 23.6. The summed E-state index contributed by atoms with van der Waals surface area (Å²) in [6, 6.07) is 0. The highest BCUT2D eigenvalue weighted by Gasteiger charge is 2.72. The largest absolute Gasteiger partial charge is 0.690 e. The Kier molecular flexibility index (Phi) is 67.6. The molecule has 0 nitrogen and oxygen atoms in total. The van der Waals surface area contributed by atoms with Crippen molar-refractivity contribution >= 4 is 912 Å². The Bertz CT molecular complexity index is 2200. The Morgan fingerprint density at radius 3 is 0.178 bits per heavy atom. The smallest absolute Gasteiger partial charge is 0 e. The summed E-state index contributed by atoms with van der Waals surface area (Å²) in [4.78, 5) is 0. The molecule has 129 heavy (non-hydrogen) atoms. The topological polar surface area (TPSA) is 0 Å². The first-order chi connectivity index (χ1) is 58.7. The molecule has 0 amide bonds. The first kappa shape index (κ1) is 137. The van der Waals surface area contributed by atoms with Crippen molar-refractivity contribution in [3.05, 3.63) is 0 Å². The van der Waals surface area contributed by atoms with Crippen LogP contribution in [0.5, 0.6) is 0 Å². The van der Waals surface area contributed by atoms with Crippen LogP contribution in [-0.4, -0.2) is 912 Å². The minimum atomic E-state index is -2.81. The van der Waals surface area contributed by atoms with Crippen LogP contribution in [0.15, 0.2) is 0 Å². The lowest BCUT2D eigenvalue weighted by Gasteiger charge is -2.65. The van der Waals surface area contributed by atoms with E-state index in [2.05, 4.69) is 0 Å². The van der Waals surface area contributed by atoms with Crippen molar-refractivity contribution in [2.45, 2.75) is 0 Å². The minimum absolute atomic E-state index is 0.944. The molecule has 132 radical (unpaired) electrons. The second kappa shape index (κ2) is 63.5. The quantitative estimate of drug-likeness (QED) is 0.0533. The molecule has 0 aliphatic heterocycles. The molecule has 0 aromatic carbocycles. The highest BCUT2D eigenvalue weighted by Crippen LogP contribution is 2.34. The van der Waals surface area contributed by atoms with Crippen molar-refractivity contribution in [3.8, 4) is 0 Å². The standard InChI is InChI=1S/B129/c1-66-99(67(2)3)115(98(64)65)123(114(96(60)61)97(62)63)127(122(112(92(52)53)93(54)55)113(94(56)57)95(58)59)129(126(120(108(84(36)37)85(38)39)109(86(40)41)87(42)43)121(110(88(44)45)89(46)47)111(90(48)49)91(50)51)128(124(116(100(68(4)5)69(6)7)101(70(8)9)71(10)11)117(102(72(12)13)73(14)15)103(74(16)17)75(18)19)125(118(104(76(20)21)77(22)23)105(78(24)25)79(26)27)119(106(80(28)29)81(30)31)107(82(32)33)83(34)35/q-1. The molecule has 0 rings (SSSR count). The highest BCUT2D eigenvalue weighted by atomic mass is 13.5. The normalized spacial score (nSPS) is 9.87. The number of hydrogen-bond acceptors (Lipinski definition) is 0. The third-order valence-electron chi connectivity index (χ3n) is 27.8. The predicted molar refractivity (Wildman–Crippen MR) is 742 cm³/mol. The summed E-state index contributed by atoms with van der Waals surface area (Å²) >= 11 is 0. The summed E-state index contributed by atoms with van der Waals surface area (Å²) in [5.41, 5.74) is 0. The fourth-order valence-corrected chi connectivity index (χ4v) is 23.6. The van der Waals surface area contributed by atoms with E-state index in [1.165, 1.54) is 0 Å². The number of rotatable bonds is 63. The maximum atomic E-state index is 7.59. The van der Waals surface area contributed by atoms with Gasteiger partial charge in [0.15, 0.2) is 0 Å². The van der Waals surface area contributed by atoms with Crippen LogP contribution in [-0.2, 0) is 0 Å². The van der Waals surface area contributed by atoms with Crippen molar-refractivity contribution in [2.75, 3.05) is 0 Å². The van der Waals surface area contributed by atoms with Crippen LogP contribution >= 0.6 is 0 Å². The van der Waals surface area contributed by atoms with Gasteiger partial charge in [-0.3, -0.25) is 7.06 Å². The summed E-state index contributed by atoms with van der Waals surface area (Å²) in [7, 11) is 484. The Hall–Kier alpha value is 8.38. The second-order valence-corrected chi connectivity index (χ2v) is 36.6. The van der Waals surface area contributed by atoms with Crippen LogP contribution in [0.3, 0.4) is 0 Å². The van der Waals surface area contributed by atoms with Gasteiger partial charge in [-0.15, -0.1) is 0 Å². The maximum absolute atomic E-state index is 7.59. The molecule has 0 unspecified atom stereocenters. The van der Waals surface area contributed by atoms with E-state index < -0.39 is 402 Å². The van der Waals surface area contributed by atoms with E-state index >= 15 is 0 Å². The zero-order valence-electron chi connectivity index (χ0n) is 74.5. The molecular weight excluding hydrogens is 1390 g/mol. The Labute approximate surface area is 902 Å². The number of hydrogen-bond donors (Lipinski definition) is 0. The minimum Gasteiger partial charge on any atom is -0.690 e. The van der Waals surface area contributed by atoms with Crippen LogP contribution < -0.4 is 0 Å². The molecule has 0 aliphatic rings. The first-order valence-corrected chi connectivity index (χ1v) is 42.7. The van der Waals surface area contributed by atoms with Gasteiger partial charge in [0.05, 0.1) is 0 Å². The molecule has 0 aliphatic carbocycles. The lowest BCUT2D eigenvalue weighted by molar-refractivity contribution is 3.11. The van der Waals surface area contributed by atoms with Gasteiger partial charge in [-0.25, -0.2) is 0 Å². The molecule has 0 atom stereocenters. The predicted octanol–water partition coefficient (Wildman–Crippen LogP) is -49.1.